The van der Waals surface area contributed by atoms with Crippen molar-refractivity contribution in [3.8, 4) is 11.5 Å². The fourth-order valence-corrected chi connectivity index (χ4v) is 2.26. The van der Waals surface area contributed by atoms with Gasteiger partial charge in [-0.2, -0.15) is 5.10 Å². The number of hydrazone groups is 1. The Morgan fingerprint density at radius 3 is 2.85 bits per heavy atom. The van der Waals surface area contributed by atoms with Gasteiger partial charge in [0.2, 0.25) is 6.10 Å². The lowest BCUT2D eigenvalue weighted by atomic mass is 10.2. The summed E-state index contributed by atoms with van der Waals surface area (Å²) in [5.41, 5.74) is 3.02. The summed E-state index contributed by atoms with van der Waals surface area (Å²) in [6.07, 6.45) is 3.78. The van der Waals surface area contributed by atoms with E-state index >= 15 is 0 Å². The molecule has 0 unspecified atom stereocenters. The topological polar surface area (TPSA) is 103 Å². The number of benzene rings is 2. The number of para-hydroxylation sites is 2. The Labute approximate surface area is 148 Å². The third kappa shape index (κ3) is 4.23. The highest BCUT2D eigenvalue weighted by molar-refractivity contribution is 5.84. The molecule has 0 fully saturated rings. The van der Waals surface area contributed by atoms with Crippen LogP contribution in [0.15, 0.2) is 59.7 Å². The average Bonchev–Trinajstić information content (AvgIpc) is 2.67. The second-order valence-electron chi connectivity index (χ2n) is 5.33. The molecule has 0 saturated heterocycles. The summed E-state index contributed by atoms with van der Waals surface area (Å²) in [5, 5.41) is 14.5. The van der Waals surface area contributed by atoms with Crippen molar-refractivity contribution in [2.45, 2.75) is 6.10 Å². The molecule has 0 spiro atoms. The Bertz CT molecular complexity index is 879. The second kappa shape index (κ2) is 7.93. The molecule has 2 aromatic rings. The lowest BCUT2D eigenvalue weighted by Gasteiger charge is -2.24. The molecular weight excluding hydrogens is 338 g/mol. The molecule has 8 heteroatoms. The molecule has 1 N–H and O–H groups in total. The van der Waals surface area contributed by atoms with Crippen LogP contribution in [0.3, 0.4) is 0 Å². The van der Waals surface area contributed by atoms with Gasteiger partial charge in [0, 0.05) is 18.3 Å². The van der Waals surface area contributed by atoms with Gasteiger partial charge < -0.3 is 9.47 Å². The minimum Gasteiger partial charge on any atom is -0.485 e. The molecule has 3 rings (SSSR count). The number of nitro benzene ring substituents is 1. The molecule has 0 aromatic heterocycles. The Hall–Kier alpha value is -3.68. The van der Waals surface area contributed by atoms with Crippen molar-refractivity contribution < 1.29 is 19.2 Å². The van der Waals surface area contributed by atoms with Gasteiger partial charge in [-0.3, -0.25) is 14.9 Å². The van der Waals surface area contributed by atoms with Crippen molar-refractivity contribution in [2.75, 3.05) is 6.61 Å². The number of hydrogen-bond donors (Lipinski definition) is 1. The van der Waals surface area contributed by atoms with E-state index in [0.29, 0.717) is 17.1 Å². The van der Waals surface area contributed by atoms with Crippen LogP contribution in [0.25, 0.3) is 6.08 Å². The van der Waals surface area contributed by atoms with Crippen molar-refractivity contribution in [1.29, 1.82) is 0 Å². The number of ether oxygens (including phenoxy) is 2. The van der Waals surface area contributed by atoms with Crippen LogP contribution in [0, 0.1) is 10.1 Å². The summed E-state index contributed by atoms with van der Waals surface area (Å²) in [6, 6.07) is 13.3. The Morgan fingerprint density at radius 2 is 2.04 bits per heavy atom. The van der Waals surface area contributed by atoms with Crippen LogP contribution in [0.2, 0.25) is 0 Å². The lowest BCUT2D eigenvalue weighted by molar-refractivity contribution is -0.384. The molecule has 1 aliphatic heterocycles. The largest absolute Gasteiger partial charge is 0.485 e. The molecule has 2 aromatic carbocycles. The molecule has 0 aliphatic carbocycles. The zero-order chi connectivity index (χ0) is 18.4. The third-order valence-corrected chi connectivity index (χ3v) is 3.51. The zero-order valence-corrected chi connectivity index (χ0v) is 13.6. The number of nitrogens with zero attached hydrogens (tertiary/aromatic N) is 2. The second-order valence-corrected chi connectivity index (χ2v) is 5.33. The number of amides is 1. The summed E-state index contributed by atoms with van der Waals surface area (Å²) >= 11 is 0. The van der Waals surface area contributed by atoms with E-state index in [-0.39, 0.29) is 12.3 Å². The van der Waals surface area contributed by atoms with Crippen LogP contribution in [-0.4, -0.2) is 29.8 Å². The van der Waals surface area contributed by atoms with E-state index in [1.54, 1.807) is 42.5 Å². The molecule has 132 valence electrons. The summed E-state index contributed by atoms with van der Waals surface area (Å²) < 4.78 is 11.0. The SMILES string of the molecule is O=C(N/N=C\C=C\c1cccc([N+](=O)[O-])c1)[C@@H]1COc2ccccc2O1. The third-order valence-electron chi connectivity index (χ3n) is 3.51. The first-order valence-electron chi connectivity index (χ1n) is 7.76. The first-order valence-corrected chi connectivity index (χ1v) is 7.76. The van der Waals surface area contributed by atoms with Crippen LogP contribution in [-0.2, 0) is 4.79 Å². The Morgan fingerprint density at radius 1 is 1.23 bits per heavy atom. The van der Waals surface area contributed by atoms with E-state index < -0.39 is 16.9 Å². The number of fused-ring (bicyclic) bond motifs is 1. The molecule has 1 heterocycles. The van der Waals surface area contributed by atoms with E-state index in [9.17, 15) is 14.9 Å². The molecule has 26 heavy (non-hydrogen) atoms. The fourth-order valence-electron chi connectivity index (χ4n) is 2.26. The molecule has 1 atom stereocenters. The number of rotatable bonds is 5. The summed E-state index contributed by atoms with van der Waals surface area (Å²) in [7, 11) is 0. The quantitative estimate of drug-likeness (QED) is 0.505. The number of carbonyl (C=O) groups excluding carboxylic acids is 1. The molecule has 0 radical (unpaired) electrons. The van der Waals surface area contributed by atoms with Crippen LogP contribution < -0.4 is 14.9 Å². The number of non-ortho nitro benzene ring substituents is 1. The summed E-state index contributed by atoms with van der Waals surface area (Å²) in [6.45, 7) is 0.0991. The van der Waals surface area contributed by atoms with Crippen molar-refractivity contribution in [3.63, 3.8) is 0 Å². The first-order chi connectivity index (χ1) is 12.6. The smallest absolute Gasteiger partial charge is 0.284 e. The minimum atomic E-state index is -0.789. The maximum atomic E-state index is 12.0. The van der Waals surface area contributed by atoms with E-state index in [0.717, 1.165) is 0 Å². The van der Waals surface area contributed by atoms with Gasteiger partial charge in [0.1, 0.15) is 6.61 Å². The van der Waals surface area contributed by atoms with Gasteiger partial charge in [-0.15, -0.1) is 0 Å². The minimum absolute atomic E-state index is 0.00659. The number of nitro groups is 1. The number of nitrogens with one attached hydrogen (secondary N) is 1. The van der Waals surface area contributed by atoms with E-state index in [1.807, 2.05) is 6.07 Å². The molecule has 1 amide bonds. The molecule has 0 bridgehead atoms. The monoisotopic (exact) mass is 353 g/mol. The maximum Gasteiger partial charge on any atom is 0.284 e. The standard InChI is InChI=1S/C18H15N3O5/c22-18(17-12-25-15-8-1-2-9-16(15)26-17)20-19-10-4-6-13-5-3-7-14(11-13)21(23)24/h1-11,17H,12H2,(H,20,22)/b6-4+,19-10-/t17-/m0/s1. The molecule has 0 saturated carbocycles. The van der Waals surface area contributed by atoms with Crippen molar-refractivity contribution in [3.05, 3.63) is 70.3 Å². The molecule has 8 nitrogen and oxygen atoms in total. The van der Waals surface area contributed by atoms with Crippen LogP contribution in [0.5, 0.6) is 11.5 Å². The lowest BCUT2D eigenvalue weighted by Crippen LogP contribution is -2.42. The summed E-state index contributed by atoms with van der Waals surface area (Å²) in [4.78, 5) is 22.3. The number of hydrogen-bond acceptors (Lipinski definition) is 6. The van der Waals surface area contributed by atoms with Crippen LogP contribution in [0.4, 0.5) is 5.69 Å². The maximum absolute atomic E-state index is 12.0. The Kier molecular flexibility index (Phi) is 5.23. The average molecular weight is 353 g/mol. The first kappa shape index (κ1) is 17.2. The van der Waals surface area contributed by atoms with E-state index in [2.05, 4.69) is 10.5 Å². The highest BCUT2D eigenvalue weighted by Crippen LogP contribution is 2.30. The van der Waals surface area contributed by atoms with Gasteiger partial charge in [-0.25, -0.2) is 5.43 Å². The Balaban J connectivity index is 1.52. The van der Waals surface area contributed by atoms with E-state index in [1.165, 1.54) is 18.3 Å². The molecular formula is C18H15N3O5. The highest BCUT2D eigenvalue weighted by atomic mass is 16.6. The van der Waals surface area contributed by atoms with Crippen molar-refractivity contribution in [1.82, 2.24) is 5.43 Å². The van der Waals surface area contributed by atoms with Gasteiger partial charge >= 0.3 is 0 Å². The van der Waals surface area contributed by atoms with Crippen LogP contribution in [0.1, 0.15) is 5.56 Å². The summed E-state index contributed by atoms with van der Waals surface area (Å²) in [5.74, 6) is 0.674. The predicted molar refractivity (Wildman–Crippen MR) is 95.1 cm³/mol. The van der Waals surface area contributed by atoms with Gasteiger partial charge in [-0.05, 0) is 23.8 Å². The van der Waals surface area contributed by atoms with E-state index in [4.69, 9.17) is 9.47 Å². The van der Waals surface area contributed by atoms with Crippen molar-refractivity contribution >= 4 is 23.9 Å². The van der Waals surface area contributed by atoms with Crippen molar-refractivity contribution in [2.24, 2.45) is 5.10 Å². The zero-order valence-electron chi connectivity index (χ0n) is 13.6. The fraction of sp³-hybridized carbons (Fsp3) is 0.111. The number of allylic oxidation sites excluding steroid dienone is 1. The van der Waals surface area contributed by atoms with Gasteiger partial charge in [-0.1, -0.05) is 30.3 Å². The highest BCUT2D eigenvalue weighted by Gasteiger charge is 2.26. The number of carbonyl (C=O) groups is 1. The molecule has 1 aliphatic rings. The predicted octanol–water partition coefficient (Wildman–Crippen LogP) is 2.55. The normalized spacial score (nSPS) is 15.9. The van der Waals surface area contributed by atoms with Crippen LogP contribution >= 0.6 is 0 Å². The van der Waals surface area contributed by atoms with Gasteiger partial charge in [0.05, 0.1) is 4.92 Å². The van der Waals surface area contributed by atoms with Gasteiger partial charge in [0.25, 0.3) is 11.6 Å². The van der Waals surface area contributed by atoms with Gasteiger partial charge in [0.15, 0.2) is 11.5 Å².